The molecule has 0 aromatic carbocycles. The van der Waals surface area contributed by atoms with E-state index in [0.717, 1.165) is 0 Å². The van der Waals surface area contributed by atoms with E-state index in [1.54, 1.807) is 0 Å². The van der Waals surface area contributed by atoms with Crippen molar-refractivity contribution in [3.8, 4) is 0 Å². The molecular weight excluding hydrogens is 169 g/mol. The van der Waals surface area contributed by atoms with E-state index in [9.17, 15) is 12.3 Å². The fraction of sp³-hybridized carbons (Fsp3) is 1.00. The third kappa shape index (κ3) is 5.15. The van der Waals surface area contributed by atoms with Crippen LogP contribution in [-0.4, -0.2) is 20.7 Å². The van der Waals surface area contributed by atoms with Gasteiger partial charge in [0.15, 0.2) is 0 Å². The van der Waals surface area contributed by atoms with Gasteiger partial charge in [-0.15, -0.1) is 3.89 Å². The molecule has 0 aliphatic rings. The fourth-order valence-electron chi connectivity index (χ4n) is 0.788. The zero-order chi connectivity index (χ0) is 9.07. The molecule has 3 nitrogen and oxygen atoms in total. The standard InChI is InChI=1S/C6H14FNO2S/c1-5(2)6(3-8)4-11(7,9)10/h5-6H,3-4,8H2,1-2H3. The summed E-state index contributed by atoms with van der Waals surface area (Å²) >= 11 is 0. The SMILES string of the molecule is CC(C)C(CN)CS(=O)(=O)F. The Morgan fingerprint density at radius 1 is 1.45 bits per heavy atom. The molecular formula is C6H14FNO2S. The minimum Gasteiger partial charge on any atom is -0.330 e. The maximum Gasteiger partial charge on any atom is 0.302 e. The number of nitrogens with two attached hydrogens (primary N) is 1. The zero-order valence-corrected chi connectivity index (χ0v) is 7.57. The summed E-state index contributed by atoms with van der Waals surface area (Å²) in [4.78, 5) is 0. The van der Waals surface area contributed by atoms with Crippen LogP contribution in [0.2, 0.25) is 0 Å². The lowest BCUT2D eigenvalue weighted by Gasteiger charge is -2.15. The first-order valence-corrected chi connectivity index (χ1v) is 5.04. The van der Waals surface area contributed by atoms with Gasteiger partial charge in [0.05, 0.1) is 5.75 Å². The van der Waals surface area contributed by atoms with Crippen LogP contribution in [0.15, 0.2) is 0 Å². The van der Waals surface area contributed by atoms with Gasteiger partial charge in [-0.2, -0.15) is 8.42 Å². The van der Waals surface area contributed by atoms with Crippen LogP contribution in [-0.2, 0) is 10.2 Å². The van der Waals surface area contributed by atoms with Crippen LogP contribution >= 0.6 is 0 Å². The minimum absolute atomic E-state index is 0.102. The summed E-state index contributed by atoms with van der Waals surface area (Å²) in [5.41, 5.74) is 5.25. The molecule has 0 saturated heterocycles. The molecule has 0 aliphatic heterocycles. The van der Waals surface area contributed by atoms with Crippen LogP contribution in [0.1, 0.15) is 13.8 Å². The second-order valence-electron chi connectivity index (χ2n) is 2.95. The van der Waals surface area contributed by atoms with E-state index in [1.807, 2.05) is 13.8 Å². The van der Waals surface area contributed by atoms with Crippen LogP contribution < -0.4 is 5.73 Å². The van der Waals surface area contributed by atoms with Gasteiger partial charge in [-0.05, 0) is 18.4 Å². The molecule has 0 rings (SSSR count). The van der Waals surface area contributed by atoms with Crippen molar-refractivity contribution < 1.29 is 12.3 Å². The number of hydrogen-bond acceptors (Lipinski definition) is 3. The zero-order valence-electron chi connectivity index (χ0n) is 6.75. The number of halogens is 1. The van der Waals surface area contributed by atoms with Crippen molar-refractivity contribution in [2.75, 3.05) is 12.3 Å². The van der Waals surface area contributed by atoms with E-state index in [0.29, 0.717) is 0 Å². The Hall–Kier alpha value is -0.160. The van der Waals surface area contributed by atoms with E-state index < -0.39 is 16.0 Å². The van der Waals surface area contributed by atoms with Crippen LogP contribution in [0.25, 0.3) is 0 Å². The van der Waals surface area contributed by atoms with Gasteiger partial charge in [-0.25, -0.2) is 0 Å². The highest BCUT2D eigenvalue weighted by atomic mass is 32.3. The topological polar surface area (TPSA) is 60.2 Å². The summed E-state index contributed by atoms with van der Waals surface area (Å²) in [6.07, 6.45) is 0. The van der Waals surface area contributed by atoms with Crippen LogP contribution in [0.4, 0.5) is 3.89 Å². The van der Waals surface area contributed by atoms with Crippen molar-refractivity contribution in [2.24, 2.45) is 17.6 Å². The Kier molecular flexibility index (Phi) is 3.96. The van der Waals surface area contributed by atoms with E-state index >= 15 is 0 Å². The Morgan fingerprint density at radius 2 is 1.91 bits per heavy atom. The van der Waals surface area contributed by atoms with Crippen LogP contribution in [0.3, 0.4) is 0 Å². The lowest BCUT2D eigenvalue weighted by Crippen LogP contribution is -2.26. The van der Waals surface area contributed by atoms with Crippen molar-refractivity contribution >= 4 is 10.2 Å². The van der Waals surface area contributed by atoms with E-state index in [2.05, 4.69) is 0 Å². The third-order valence-electron chi connectivity index (χ3n) is 1.66. The van der Waals surface area contributed by atoms with E-state index in [4.69, 9.17) is 5.73 Å². The summed E-state index contributed by atoms with van der Waals surface area (Å²) in [6.45, 7) is 3.85. The fourth-order valence-corrected chi connectivity index (χ4v) is 1.82. The largest absolute Gasteiger partial charge is 0.330 e. The highest BCUT2D eigenvalue weighted by molar-refractivity contribution is 7.86. The molecule has 0 saturated carbocycles. The second-order valence-corrected chi connectivity index (χ2v) is 4.36. The summed E-state index contributed by atoms with van der Waals surface area (Å²) in [5, 5.41) is 0. The normalized spacial score (nSPS) is 15.4. The molecule has 1 unspecified atom stereocenters. The van der Waals surface area contributed by atoms with Crippen molar-refractivity contribution in [3.05, 3.63) is 0 Å². The highest BCUT2D eigenvalue weighted by Gasteiger charge is 2.19. The Bertz CT molecular complexity index is 201. The van der Waals surface area contributed by atoms with Gasteiger partial charge in [0.25, 0.3) is 0 Å². The Morgan fingerprint density at radius 3 is 2.00 bits per heavy atom. The van der Waals surface area contributed by atoms with Gasteiger partial charge in [-0.1, -0.05) is 13.8 Å². The number of hydrogen-bond donors (Lipinski definition) is 1. The molecule has 0 amide bonds. The highest BCUT2D eigenvalue weighted by Crippen LogP contribution is 2.12. The summed E-state index contributed by atoms with van der Waals surface area (Å²) < 4.78 is 32.5. The molecule has 11 heavy (non-hydrogen) atoms. The van der Waals surface area contributed by atoms with Crippen molar-refractivity contribution in [2.45, 2.75) is 13.8 Å². The predicted molar refractivity (Wildman–Crippen MR) is 42.3 cm³/mol. The van der Waals surface area contributed by atoms with Gasteiger partial charge in [0, 0.05) is 0 Å². The molecule has 2 N–H and O–H groups in total. The quantitative estimate of drug-likeness (QED) is 0.646. The van der Waals surface area contributed by atoms with Crippen molar-refractivity contribution in [3.63, 3.8) is 0 Å². The molecule has 68 valence electrons. The molecule has 1 atom stereocenters. The number of rotatable bonds is 4. The molecule has 0 bridgehead atoms. The molecule has 0 spiro atoms. The molecule has 0 radical (unpaired) electrons. The van der Waals surface area contributed by atoms with Gasteiger partial charge >= 0.3 is 10.2 Å². The second kappa shape index (κ2) is 4.01. The Balaban J connectivity index is 4.10. The monoisotopic (exact) mass is 183 g/mol. The van der Waals surface area contributed by atoms with Crippen molar-refractivity contribution in [1.82, 2.24) is 0 Å². The average molecular weight is 183 g/mol. The van der Waals surface area contributed by atoms with Gasteiger partial charge in [0.2, 0.25) is 0 Å². The smallest absolute Gasteiger partial charge is 0.302 e. The first kappa shape index (κ1) is 10.8. The molecule has 0 heterocycles. The first-order valence-electron chi connectivity index (χ1n) is 3.49. The first-order chi connectivity index (χ1) is 4.87. The van der Waals surface area contributed by atoms with Gasteiger partial charge in [-0.3, -0.25) is 0 Å². The molecule has 0 aliphatic carbocycles. The Labute approximate surface area is 67.0 Å². The summed E-state index contributed by atoms with van der Waals surface area (Å²) in [6, 6.07) is 0. The van der Waals surface area contributed by atoms with Gasteiger partial charge < -0.3 is 5.73 Å². The average Bonchev–Trinajstić information content (AvgIpc) is 1.80. The lowest BCUT2D eigenvalue weighted by atomic mass is 9.98. The van der Waals surface area contributed by atoms with Crippen LogP contribution in [0, 0.1) is 11.8 Å². The third-order valence-corrected chi connectivity index (χ3v) is 2.49. The maximum absolute atomic E-state index is 12.1. The summed E-state index contributed by atoms with van der Waals surface area (Å²) in [7, 11) is -4.36. The van der Waals surface area contributed by atoms with E-state index in [1.165, 1.54) is 0 Å². The summed E-state index contributed by atoms with van der Waals surface area (Å²) in [5.74, 6) is -0.628. The van der Waals surface area contributed by atoms with Crippen molar-refractivity contribution in [1.29, 1.82) is 0 Å². The molecule has 0 aromatic rings. The molecule has 0 fully saturated rings. The van der Waals surface area contributed by atoms with E-state index in [-0.39, 0.29) is 18.4 Å². The van der Waals surface area contributed by atoms with Crippen LogP contribution in [0.5, 0.6) is 0 Å². The lowest BCUT2D eigenvalue weighted by molar-refractivity contribution is 0.420. The molecule has 0 aromatic heterocycles. The minimum atomic E-state index is -4.36. The molecule has 5 heteroatoms. The van der Waals surface area contributed by atoms with Gasteiger partial charge in [0.1, 0.15) is 0 Å². The predicted octanol–water partition coefficient (Wildman–Crippen LogP) is 0.517. The maximum atomic E-state index is 12.1.